The van der Waals surface area contributed by atoms with E-state index in [1.165, 1.54) is 6.07 Å². The fourth-order valence-corrected chi connectivity index (χ4v) is 1.60. The lowest BCUT2D eigenvalue weighted by atomic mass is 10.2. The number of hydrogen-bond acceptors (Lipinski definition) is 4. The molecule has 2 rings (SSSR count). The van der Waals surface area contributed by atoms with Gasteiger partial charge in [-0.2, -0.15) is 4.98 Å². The average Bonchev–Trinajstić information content (AvgIpc) is 2.30. The Morgan fingerprint density at radius 3 is 2.61 bits per heavy atom. The van der Waals surface area contributed by atoms with E-state index in [1.54, 1.807) is 25.1 Å². The Hall–Kier alpha value is -2.01. The zero-order valence-electron chi connectivity index (χ0n) is 10.3. The lowest BCUT2D eigenvalue weighted by Gasteiger charge is -2.08. The van der Waals surface area contributed by atoms with Crippen molar-refractivity contribution in [2.24, 2.45) is 5.73 Å². The van der Waals surface area contributed by atoms with E-state index in [4.69, 9.17) is 10.5 Å². The van der Waals surface area contributed by atoms with E-state index >= 15 is 0 Å². The van der Waals surface area contributed by atoms with Crippen molar-refractivity contribution < 1.29 is 9.13 Å². The number of benzene rings is 1. The van der Waals surface area contributed by atoms with Crippen LogP contribution in [0.2, 0.25) is 0 Å². The molecular formula is C13H14FN3O. The van der Waals surface area contributed by atoms with Gasteiger partial charge in [0.15, 0.2) is 11.6 Å². The molecule has 0 saturated heterocycles. The van der Waals surface area contributed by atoms with Crippen LogP contribution in [0, 0.1) is 19.7 Å². The van der Waals surface area contributed by atoms with Crippen molar-refractivity contribution in [3.8, 4) is 11.6 Å². The van der Waals surface area contributed by atoms with Crippen molar-refractivity contribution in [3.63, 3.8) is 0 Å². The van der Waals surface area contributed by atoms with E-state index < -0.39 is 5.82 Å². The molecule has 0 atom stereocenters. The Bertz CT molecular complexity index is 552. The zero-order chi connectivity index (χ0) is 13.1. The molecule has 0 aliphatic carbocycles. The molecule has 1 aromatic carbocycles. The third kappa shape index (κ3) is 2.81. The van der Waals surface area contributed by atoms with Crippen LogP contribution in [-0.4, -0.2) is 9.97 Å². The molecule has 5 heteroatoms. The Balaban J connectivity index is 2.28. The minimum atomic E-state index is -0.452. The first kappa shape index (κ1) is 12.4. The predicted molar refractivity (Wildman–Crippen MR) is 65.9 cm³/mol. The van der Waals surface area contributed by atoms with Crippen LogP contribution in [0.3, 0.4) is 0 Å². The number of nitrogens with zero attached hydrogens (tertiary/aromatic N) is 2. The molecular weight excluding hydrogens is 233 g/mol. The third-order valence-corrected chi connectivity index (χ3v) is 2.39. The summed E-state index contributed by atoms with van der Waals surface area (Å²) in [5, 5.41) is 0. The summed E-state index contributed by atoms with van der Waals surface area (Å²) in [7, 11) is 0. The van der Waals surface area contributed by atoms with E-state index in [-0.39, 0.29) is 5.75 Å². The average molecular weight is 247 g/mol. The molecule has 0 spiro atoms. The predicted octanol–water partition coefficient (Wildman–Crippen LogP) is 2.48. The lowest BCUT2D eigenvalue weighted by molar-refractivity contribution is 0.424. The molecule has 0 saturated carbocycles. The number of ether oxygens (including phenoxy) is 1. The van der Waals surface area contributed by atoms with Crippen molar-refractivity contribution in [3.05, 3.63) is 47.2 Å². The molecule has 1 heterocycles. The highest BCUT2D eigenvalue weighted by atomic mass is 19.1. The second kappa shape index (κ2) is 5.10. The smallest absolute Gasteiger partial charge is 0.222 e. The Kier molecular flexibility index (Phi) is 3.53. The molecule has 4 nitrogen and oxygen atoms in total. The monoisotopic (exact) mass is 247 g/mol. The molecule has 2 N–H and O–H groups in total. The molecule has 1 aromatic heterocycles. The summed E-state index contributed by atoms with van der Waals surface area (Å²) in [6.07, 6.45) is 0. The molecule has 0 radical (unpaired) electrons. The van der Waals surface area contributed by atoms with Crippen LogP contribution < -0.4 is 10.5 Å². The van der Waals surface area contributed by atoms with Crippen LogP contribution in [0.15, 0.2) is 24.3 Å². The van der Waals surface area contributed by atoms with Crippen LogP contribution in [0.5, 0.6) is 11.6 Å². The van der Waals surface area contributed by atoms with Gasteiger partial charge in [-0.05, 0) is 31.5 Å². The first-order chi connectivity index (χ1) is 8.58. The zero-order valence-corrected chi connectivity index (χ0v) is 10.3. The number of rotatable bonds is 3. The minimum Gasteiger partial charge on any atom is -0.436 e. The highest BCUT2D eigenvalue weighted by Gasteiger charge is 2.07. The van der Waals surface area contributed by atoms with Gasteiger partial charge in [0.1, 0.15) is 5.82 Å². The highest BCUT2D eigenvalue weighted by molar-refractivity contribution is 5.32. The topological polar surface area (TPSA) is 61.0 Å². The molecule has 0 bridgehead atoms. The summed E-state index contributed by atoms with van der Waals surface area (Å²) in [5.74, 6) is 0.597. The Labute approximate surface area is 105 Å². The standard InChI is InChI=1S/C13H14FN3O/c1-8-5-13(17-9(2)16-8)18-12-4-3-10(7-15)6-11(12)14/h3-6H,7,15H2,1-2H3. The van der Waals surface area contributed by atoms with E-state index in [0.717, 1.165) is 11.3 Å². The third-order valence-electron chi connectivity index (χ3n) is 2.39. The summed E-state index contributed by atoms with van der Waals surface area (Å²) in [6.45, 7) is 3.88. The fourth-order valence-electron chi connectivity index (χ4n) is 1.60. The SMILES string of the molecule is Cc1cc(Oc2ccc(CN)cc2F)nc(C)n1. The molecule has 18 heavy (non-hydrogen) atoms. The fraction of sp³-hybridized carbons (Fsp3) is 0.231. The van der Waals surface area contributed by atoms with Crippen LogP contribution in [-0.2, 0) is 6.54 Å². The van der Waals surface area contributed by atoms with Gasteiger partial charge in [0.2, 0.25) is 5.88 Å². The first-order valence-electron chi connectivity index (χ1n) is 5.57. The lowest BCUT2D eigenvalue weighted by Crippen LogP contribution is -1.99. The number of halogens is 1. The first-order valence-corrected chi connectivity index (χ1v) is 5.57. The summed E-state index contributed by atoms with van der Waals surface area (Å²) in [6, 6.07) is 6.28. The Morgan fingerprint density at radius 1 is 1.22 bits per heavy atom. The van der Waals surface area contributed by atoms with Crippen molar-refractivity contribution in [1.82, 2.24) is 9.97 Å². The van der Waals surface area contributed by atoms with Gasteiger partial charge < -0.3 is 10.5 Å². The molecule has 0 amide bonds. The van der Waals surface area contributed by atoms with Crippen molar-refractivity contribution in [2.45, 2.75) is 20.4 Å². The normalized spacial score (nSPS) is 10.4. The summed E-state index contributed by atoms with van der Waals surface area (Å²) in [4.78, 5) is 8.21. The maximum Gasteiger partial charge on any atom is 0.222 e. The number of aryl methyl sites for hydroxylation is 2. The van der Waals surface area contributed by atoms with Crippen molar-refractivity contribution in [2.75, 3.05) is 0 Å². The van der Waals surface area contributed by atoms with Gasteiger partial charge in [0.05, 0.1) is 0 Å². The van der Waals surface area contributed by atoms with Crippen LogP contribution in [0.4, 0.5) is 4.39 Å². The second-order valence-electron chi connectivity index (χ2n) is 3.97. The minimum absolute atomic E-state index is 0.129. The molecule has 2 aromatic rings. The van der Waals surface area contributed by atoms with Crippen molar-refractivity contribution in [1.29, 1.82) is 0 Å². The largest absolute Gasteiger partial charge is 0.436 e. The van der Waals surface area contributed by atoms with Gasteiger partial charge in [0.25, 0.3) is 0 Å². The van der Waals surface area contributed by atoms with Gasteiger partial charge in [-0.3, -0.25) is 0 Å². The highest BCUT2D eigenvalue weighted by Crippen LogP contribution is 2.24. The van der Waals surface area contributed by atoms with Gasteiger partial charge in [-0.1, -0.05) is 6.07 Å². The Morgan fingerprint density at radius 2 is 2.00 bits per heavy atom. The number of aromatic nitrogens is 2. The maximum absolute atomic E-state index is 13.7. The molecule has 0 aliphatic rings. The van der Waals surface area contributed by atoms with E-state index in [1.807, 2.05) is 6.92 Å². The quantitative estimate of drug-likeness (QED) is 0.905. The van der Waals surface area contributed by atoms with Crippen LogP contribution >= 0.6 is 0 Å². The number of hydrogen-bond donors (Lipinski definition) is 1. The maximum atomic E-state index is 13.7. The molecule has 94 valence electrons. The van der Waals surface area contributed by atoms with Gasteiger partial charge in [-0.15, -0.1) is 0 Å². The van der Waals surface area contributed by atoms with E-state index in [9.17, 15) is 4.39 Å². The summed E-state index contributed by atoms with van der Waals surface area (Å²) in [5.41, 5.74) is 6.93. The second-order valence-corrected chi connectivity index (χ2v) is 3.97. The molecule has 0 unspecified atom stereocenters. The van der Waals surface area contributed by atoms with Crippen LogP contribution in [0.1, 0.15) is 17.1 Å². The van der Waals surface area contributed by atoms with Crippen molar-refractivity contribution >= 4 is 0 Å². The van der Waals surface area contributed by atoms with Crippen LogP contribution in [0.25, 0.3) is 0 Å². The van der Waals surface area contributed by atoms with E-state index in [0.29, 0.717) is 18.2 Å². The van der Waals surface area contributed by atoms with Gasteiger partial charge >= 0.3 is 0 Å². The van der Waals surface area contributed by atoms with Gasteiger partial charge in [0, 0.05) is 18.3 Å². The summed E-state index contributed by atoms with van der Waals surface area (Å²) < 4.78 is 19.1. The van der Waals surface area contributed by atoms with Gasteiger partial charge in [-0.25, -0.2) is 9.37 Å². The number of nitrogens with two attached hydrogens (primary N) is 1. The molecule has 0 fully saturated rings. The molecule has 0 aliphatic heterocycles. The van der Waals surface area contributed by atoms with E-state index in [2.05, 4.69) is 9.97 Å². The summed E-state index contributed by atoms with van der Waals surface area (Å²) >= 11 is 0.